The van der Waals surface area contributed by atoms with E-state index in [1.807, 2.05) is 22.6 Å². The highest BCUT2D eigenvalue weighted by molar-refractivity contribution is 5.82. The molecule has 3 N–H and O–H groups in total. The maximum Gasteiger partial charge on any atom is 0.416 e. The van der Waals surface area contributed by atoms with Crippen molar-refractivity contribution >= 4 is 5.91 Å². The van der Waals surface area contributed by atoms with Gasteiger partial charge in [-0.05, 0) is 44.9 Å². The fourth-order valence-corrected chi connectivity index (χ4v) is 4.18. The Kier molecular flexibility index (Phi) is 7.06. The standard InChI is InChI=1S/C23H30F3N5O2/c1-15(31(18-7-8-18)22(32)20-13-28-10-12-33-20)19-14-30(11-2-9-27)21(29-19)16-3-5-17(6-4-16)23(24,25)26/h3-6,14-15,18,20,28H,2,7-13,27H2,1H3/t15-,20-/m1/s1. The summed E-state index contributed by atoms with van der Waals surface area (Å²) in [5, 5.41) is 3.20. The van der Waals surface area contributed by atoms with E-state index in [9.17, 15) is 18.0 Å². The van der Waals surface area contributed by atoms with Crippen molar-refractivity contribution in [3.63, 3.8) is 0 Å². The molecule has 0 spiro atoms. The summed E-state index contributed by atoms with van der Waals surface area (Å²) < 4.78 is 46.6. The molecule has 1 saturated carbocycles. The van der Waals surface area contributed by atoms with E-state index in [-0.39, 0.29) is 18.0 Å². The van der Waals surface area contributed by atoms with Gasteiger partial charge in [0.25, 0.3) is 5.91 Å². The molecule has 2 aromatic rings. The number of halogens is 3. The lowest BCUT2D eigenvalue weighted by Crippen LogP contribution is -2.50. The van der Waals surface area contributed by atoms with E-state index in [2.05, 4.69) is 5.32 Å². The molecule has 2 heterocycles. The first-order chi connectivity index (χ1) is 15.8. The van der Waals surface area contributed by atoms with Gasteiger partial charge in [-0.1, -0.05) is 12.1 Å². The van der Waals surface area contributed by atoms with Gasteiger partial charge in [0.1, 0.15) is 11.9 Å². The van der Waals surface area contributed by atoms with Gasteiger partial charge in [0, 0.05) is 37.4 Å². The van der Waals surface area contributed by atoms with E-state index in [0.29, 0.717) is 49.7 Å². The van der Waals surface area contributed by atoms with Crippen molar-refractivity contribution in [2.75, 3.05) is 26.2 Å². The molecule has 1 aliphatic carbocycles. The minimum absolute atomic E-state index is 0.0511. The Morgan fingerprint density at radius 1 is 1.33 bits per heavy atom. The maximum atomic E-state index is 13.3. The number of benzene rings is 1. The number of nitrogens with one attached hydrogen (secondary N) is 1. The lowest BCUT2D eigenvalue weighted by molar-refractivity contribution is -0.148. The lowest BCUT2D eigenvalue weighted by Gasteiger charge is -2.33. The first-order valence-corrected chi connectivity index (χ1v) is 11.4. The molecule has 1 aromatic heterocycles. The van der Waals surface area contributed by atoms with Crippen molar-refractivity contribution < 1.29 is 22.7 Å². The number of aryl methyl sites for hydroxylation is 1. The van der Waals surface area contributed by atoms with Crippen LogP contribution < -0.4 is 11.1 Å². The molecule has 1 aliphatic heterocycles. The van der Waals surface area contributed by atoms with Gasteiger partial charge in [-0.15, -0.1) is 0 Å². The van der Waals surface area contributed by atoms with E-state index < -0.39 is 17.8 Å². The number of morpholine rings is 1. The molecule has 1 aromatic carbocycles. The zero-order valence-corrected chi connectivity index (χ0v) is 18.6. The quantitative estimate of drug-likeness (QED) is 0.626. The summed E-state index contributed by atoms with van der Waals surface area (Å²) in [5.41, 5.74) is 6.27. The summed E-state index contributed by atoms with van der Waals surface area (Å²) >= 11 is 0. The molecule has 2 atom stereocenters. The molecule has 10 heteroatoms. The summed E-state index contributed by atoms with van der Waals surface area (Å²) in [5.74, 6) is 0.516. The number of hydrogen-bond donors (Lipinski definition) is 2. The Balaban J connectivity index is 1.62. The average molecular weight is 466 g/mol. The number of imidazole rings is 1. The summed E-state index contributed by atoms with van der Waals surface area (Å²) in [6, 6.07) is 4.86. The second-order valence-corrected chi connectivity index (χ2v) is 8.62. The second-order valence-electron chi connectivity index (χ2n) is 8.62. The van der Waals surface area contributed by atoms with E-state index in [0.717, 1.165) is 31.5 Å². The Morgan fingerprint density at radius 2 is 2.06 bits per heavy atom. The van der Waals surface area contributed by atoms with E-state index >= 15 is 0 Å². The van der Waals surface area contributed by atoms with E-state index in [1.165, 1.54) is 12.1 Å². The molecule has 1 amide bonds. The Morgan fingerprint density at radius 3 is 2.64 bits per heavy atom. The number of rotatable bonds is 8. The molecule has 0 unspecified atom stereocenters. The summed E-state index contributed by atoms with van der Waals surface area (Å²) in [6.45, 7) is 4.71. The van der Waals surface area contributed by atoms with Gasteiger partial charge in [0.15, 0.2) is 0 Å². The number of carbonyl (C=O) groups is 1. The molecule has 0 radical (unpaired) electrons. The van der Waals surface area contributed by atoms with Gasteiger partial charge in [-0.2, -0.15) is 13.2 Å². The van der Waals surface area contributed by atoms with Crippen molar-refractivity contribution in [3.05, 3.63) is 41.7 Å². The molecule has 33 heavy (non-hydrogen) atoms. The molecule has 4 rings (SSSR count). The highest BCUT2D eigenvalue weighted by Crippen LogP contribution is 2.36. The third-order valence-corrected chi connectivity index (χ3v) is 6.11. The molecule has 180 valence electrons. The molecule has 0 bridgehead atoms. The number of aromatic nitrogens is 2. The largest absolute Gasteiger partial charge is 0.416 e. The van der Waals surface area contributed by atoms with Gasteiger partial charge < -0.3 is 25.3 Å². The van der Waals surface area contributed by atoms with Crippen LogP contribution in [0.15, 0.2) is 30.5 Å². The van der Waals surface area contributed by atoms with Gasteiger partial charge >= 0.3 is 6.18 Å². The first-order valence-electron chi connectivity index (χ1n) is 11.4. The van der Waals surface area contributed by atoms with Crippen molar-refractivity contribution in [1.82, 2.24) is 19.8 Å². The number of alkyl halides is 3. The van der Waals surface area contributed by atoms with Crippen LogP contribution in [0, 0.1) is 0 Å². The van der Waals surface area contributed by atoms with Crippen LogP contribution in [0.25, 0.3) is 11.4 Å². The van der Waals surface area contributed by atoms with Gasteiger partial charge in [-0.3, -0.25) is 4.79 Å². The highest BCUT2D eigenvalue weighted by atomic mass is 19.4. The second kappa shape index (κ2) is 9.82. The lowest BCUT2D eigenvalue weighted by atomic mass is 10.1. The third kappa shape index (κ3) is 5.39. The molecule has 1 saturated heterocycles. The van der Waals surface area contributed by atoms with Crippen LogP contribution in [0.3, 0.4) is 0 Å². The summed E-state index contributed by atoms with van der Waals surface area (Å²) in [4.78, 5) is 19.9. The maximum absolute atomic E-state index is 13.3. The predicted molar refractivity (Wildman–Crippen MR) is 117 cm³/mol. The minimum atomic E-state index is -4.39. The number of nitrogens with two attached hydrogens (primary N) is 1. The van der Waals surface area contributed by atoms with Crippen LogP contribution in [0.5, 0.6) is 0 Å². The fourth-order valence-electron chi connectivity index (χ4n) is 4.18. The van der Waals surface area contributed by atoms with Gasteiger partial charge in [-0.25, -0.2) is 4.98 Å². The van der Waals surface area contributed by atoms with Gasteiger partial charge in [0.05, 0.1) is 23.9 Å². The van der Waals surface area contributed by atoms with Crippen LogP contribution in [0.1, 0.15) is 43.5 Å². The van der Waals surface area contributed by atoms with Crippen LogP contribution in [0.2, 0.25) is 0 Å². The van der Waals surface area contributed by atoms with Crippen LogP contribution in [-0.2, 0) is 22.3 Å². The zero-order chi connectivity index (χ0) is 23.6. The molecule has 2 aliphatic rings. The SMILES string of the molecule is C[C@H](c1cn(CCCN)c(-c2ccc(C(F)(F)F)cc2)n1)N(C(=O)[C@H]1CNCCO1)C1CC1. The van der Waals surface area contributed by atoms with Crippen LogP contribution >= 0.6 is 0 Å². The number of carbonyl (C=O) groups excluding carboxylic acids is 1. The Bertz CT molecular complexity index is 950. The van der Waals surface area contributed by atoms with Crippen molar-refractivity contribution in [3.8, 4) is 11.4 Å². The van der Waals surface area contributed by atoms with Crippen molar-refractivity contribution in [2.45, 2.75) is 57.1 Å². The first kappa shape index (κ1) is 23.7. The predicted octanol–water partition coefficient (Wildman–Crippen LogP) is 2.96. The van der Waals surface area contributed by atoms with Crippen LogP contribution in [0.4, 0.5) is 13.2 Å². The number of nitrogens with zero attached hydrogens (tertiary/aromatic N) is 3. The molecular formula is C23H30F3N5O2. The monoisotopic (exact) mass is 465 g/mol. The zero-order valence-electron chi connectivity index (χ0n) is 18.6. The average Bonchev–Trinajstić information content (AvgIpc) is 3.55. The topological polar surface area (TPSA) is 85.4 Å². The molecular weight excluding hydrogens is 435 g/mol. The van der Waals surface area contributed by atoms with Gasteiger partial charge in [0.2, 0.25) is 0 Å². The molecule has 2 fully saturated rings. The molecule has 7 nitrogen and oxygen atoms in total. The van der Waals surface area contributed by atoms with Crippen molar-refractivity contribution in [2.24, 2.45) is 5.73 Å². The van der Waals surface area contributed by atoms with Crippen molar-refractivity contribution in [1.29, 1.82) is 0 Å². The number of hydrogen-bond acceptors (Lipinski definition) is 5. The summed E-state index contributed by atoms with van der Waals surface area (Å²) in [6.07, 6.45) is -0.448. The fraction of sp³-hybridized carbons (Fsp3) is 0.565. The third-order valence-electron chi connectivity index (χ3n) is 6.11. The summed E-state index contributed by atoms with van der Waals surface area (Å²) in [7, 11) is 0. The normalized spacial score (nSPS) is 20.0. The minimum Gasteiger partial charge on any atom is -0.366 e. The number of amides is 1. The number of ether oxygens (including phenoxy) is 1. The Hall–Kier alpha value is -2.43. The smallest absolute Gasteiger partial charge is 0.366 e. The highest BCUT2D eigenvalue weighted by Gasteiger charge is 2.40. The Labute approximate surface area is 191 Å². The van der Waals surface area contributed by atoms with E-state index in [1.54, 1.807) is 0 Å². The van der Waals surface area contributed by atoms with E-state index in [4.69, 9.17) is 15.5 Å². The van der Waals surface area contributed by atoms with Crippen LogP contribution in [-0.4, -0.2) is 58.7 Å².